The lowest BCUT2D eigenvalue weighted by atomic mass is 9.94. The van der Waals surface area contributed by atoms with Gasteiger partial charge in [0.05, 0.1) is 23.5 Å². The zero-order chi connectivity index (χ0) is 24.0. The first-order valence-corrected chi connectivity index (χ1v) is 12.0. The van der Waals surface area contributed by atoms with Gasteiger partial charge in [0.1, 0.15) is 0 Å². The summed E-state index contributed by atoms with van der Waals surface area (Å²) in [5, 5.41) is 18.8. The largest absolute Gasteiger partial charge is 0.383 e. The second-order valence-corrected chi connectivity index (χ2v) is 8.90. The van der Waals surface area contributed by atoms with E-state index in [0.29, 0.717) is 6.61 Å². The summed E-state index contributed by atoms with van der Waals surface area (Å²) in [6.07, 6.45) is 2.56. The third kappa shape index (κ3) is 5.49. The number of hydrogen-bond acceptors (Lipinski definition) is 7. The Morgan fingerprint density at radius 3 is 2.60 bits per heavy atom. The maximum absolute atomic E-state index is 11.1. The van der Waals surface area contributed by atoms with Crippen LogP contribution in [0.1, 0.15) is 11.5 Å². The number of benzene rings is 2. The summed E-state index contributed by atoms with van der Waals surface area (Å²) >= 11 is 0. The lowest BCUT2D eigenvalue weighted by molar-refractivity contribution is 0.140. The average Bonchev–Trinajstić information content (AvgIpc) is 3.30. The van der Waals surface area contributed by atoms with E-state index in [1.54, 1.807) is 19.5 Å². The van der Waals surface area contributed by atoms with E-state index in [-0.39, 0.29) is 12.0 Å². The third-order valence-corrected chi connectivity index (χ3v) is 6.58. The van der Waals surface area contributed by atoms with Crippen LogP contribution in [-0.2, 0) is 4.74 Å². The Bertz CT molecular complexity index is 1240. The fourth-order valence-electron chi connectivity index (χ4n) is 4.84. The number of nitrogens with zero attached hydrogens (tertiary/aromatic N) is 3. The van der Waals surface area contributed by atoms with Crippen molar-refractivity contribution in [2.75, 3.05) is 38.7 Å². The molecule has 1 fully saturated rings. The number of rotatable bonds is 9. The molecular weight excluding hydrogens is 438 g/mol. The highest BCUT2D eigenvalue weighted by Crippen LogP contribution is 2.31. The molecular formula is C28H31N5O2. The minimum atomic E-state index is -0.947. The number of fused-ring (bicyclic) bond motifs is 1. The highest BCUT2D eigenvalue weighted by Gasteiger charge is 2.34. The molecule has 1 unspecified atom stereocenters. The lowest BCUT2D eigenvalue weighted by Crippen LogP contribution is -2.46. The summed E-state index contributed by atoms with van der Waals surface area (Å²) in [6.45, 7) is 3.29. The van der Waals surface area contributed by atoms with Gasteiger partial charge in [-0.1, -0.05) is 48.5 Å². The molecule has 35 heavy (non-hydrogen) atoms. The van der Waals surface area contributed by atoms with E-state index in [1.807, 2.05) is 48.5 Å². The van der Waals surface area contributed by atoms with Gasteiger partial charge in [-0.3, -0.25) is 15.2 Å². The predicted molar refractivity (Wildman–Crippen MR) is 139 cm³/mol. The van der Waals surface area contributed by atoms with E-state index in [4.69, 9.17) is 9.72 Å². The van der Waals surface area contributed by atoms with Gasteiger partial charge in [0.15, 0.2) is 6.35 Å². The van der Waals surface area contributed by atoms with Gasteiger partial charge >= 0.3 is 0 Å². The lowest BCUT2D eigenvalue weighted by Gasteiger charge is -2.25. The van der Waals surface area contributed by atoms with E-state index in [0.717, 1.165) is 47.5 Å². The second kappa shape index (κ2) is 10.9. The molecule has 1 aliphatic heterocycles. The van der Waals surface area contributed by atoms with Crippen molar-refractivity contribution in [2.45, 2.75) is 18.3 Å². The van der Waals surface area contributed by atoms with Crippen LogP contribution in [0.2, 0.25) is 0 Å². The fraction of sp³-hybridized carbons (Fsp3) is 0.286. The number of ether oxygens (including phenoxy) is 1. The first-order valence-electron chi connectivity index (χ1n) is 12.0. The molecule has 3 atom stereocenters. The number of anilines is 1. The molecule has 1 saturated heterocycles. The van der Waals surface area contributed by atoms with E-state index < -0.39 is 6.35 Å². The van der Waals surface area contributed by atoms with Gasteiger partial charge in [0, 0.05) is 62.0 Å². The van der Waals surface area contributed by atoms with Crippen LogP contribution in [0, 0.1) is 0 Å². The maximum atomic E-state index is 11.1. The van der Waals surface area contributed by atoms with Crippen molar-refractivity contribution in [1.82, 2.24) is 20.2 Å². The van der Waals surface area contributed by atoms with Gasteiger partial charge in [0.25, 0.3) is 0 Å². The Morgan fingerprint density at radius 1 is 1.03 bits per heavy atom. The number of methoxy groups -OCH3 is 1. The smallest absolute Gasteiger partial charge is 0.181 e. The van der Waals surface area contributed by atoms with Crippen LogP contribution in [0.4, 0.5) is 5.69 Å². The zero-order valence-corrected chi connectivity index (χ0v) is 19.8. The molecule has 0 amide bonds. The summed E-state index contributed by atoms with van der Waals surface area (Å²) in [7, 11) is 1.73. The highest BCUT2D eigenvalue weighted by atomic mass is 16.5. The highest BCUT2D eigenvalue weighted by molar-refractivity contribution is 5.88. The van der Waals surface area contributed by atoms with Crippen LogP contribution < -0.4 is 10.6 Å². The summed E-state index contributed by atoms with van der Waals surface area (Å²) in [4.78, 5) is 11.4. The number of aromatic nitrogens is 2. The maximum Gasteiger partial charge on any atom is 0.181 e. The Labute approximate surface area is 205 Å². The van der Waals surface area contributed by atoms with Crippen molar-refractivity contribution in [2.24, 2.45) is 0 Å². The summed E-state index contributed by atoms with van der Waals surface area (Å²) in [5.41, 5.74) is 4.65. The molecule has 4 aromatic rings. The van der Waals surface area contributed by atoms with Gasteiger partial charge in [-0.25, -0.2) is 4.98 Å². The Kier molecular flexibility index (Phi) is 7.30. The van der Waals surface area contributed by atoms with E-state index in [9.17, 15) is 5.11 Å². The molecule has 2 aromatic heterocycles. The second-order valence-electron chi connectivity index (χ2n) is 8.90. The van der Waals surface area contributed by atoms with Gasteiger partial charge in [-0.05, 0) is 29.8 Å². The molecule has 0 radical (unpaired) electrons. The van der Waals surface area contributed by atoms with Crippen LogP contribution in [-0.4, -0.2) is 65.7 Å². The van der Waals surface area contributed by atoms with Crippen molar-refractivity contribution < 1.29 is 9.84 Å². The van der Waals surface area contributed by atoms with Crippen LogP contribution in [0.3, 0.4) is 0 Å². The van der Waals surface area contributed by atoms with Crippen LogP contribution in [0.5, 0.6) is 0 Å². The third-order valence-electron chi connectivity index (χ3n) is 6.58. The van der Waals surface area contributed by atoms with Crippen molar-refractivity contribution in [3.63, 3.8) is 0 Å². The van der Waals surface area contributed by atoms with Gasteiger partial charge in [-0.2, -0.15) is 0 Å². The summed E-state index contributed by atoms with van der Waals surface area (Å²) in [5.74, 6) is 0.263. The number of aliphatic hydroxyl groups excluding tert-OH is 1. The predicted octanol–water partition coefficient (Wildman–Crippen LogP) is 3.69. The zero-order valence-electron chi connectivity index (χ0n) is 19.8. The molecule has 180 valence electrons. The number of para-hydroxylation sites is 1. The molecule has 5 rings (SSSR count). The topological polar surface area (TPSA) is 82.5 Å². The molecule has 3 N–H and O–H groups in total. The molecule has 0 aliphatic carbocycles. The molecule has 0 bridgehead atoms. The minimum absolute atomic E-state index is 0.0783. The van der Waals surface area contributed by atoms with E-state index >= 15 is 0 Å². The Morgan fingerprint density at radius 2 is 1.80 bits per heavy atom. The van der Waals surface area contributed by atoms with Crippen LogP contribution in [0.25, 0.3) is 22.2 Å². The Hall–Kier alpha value is -3.36. The SMILES string of the molecule is COCCN1C[C@@H](NC(O)Nc2cc3ccccc3nc2-c2ccncc2)[C@H](c2ccccc2)C1. The number of nitrogens with one attached hydrogen (secondary N) is 2. The van der Waals surface area contributed by atoms with Crippen LogP contribution >= 0.6 is 0 Å². The van der Waals surface area contributed by atoms with Gasteiger partial charge in [-0.15, -0.1) is 0 Å². The normalized spacial score (nSPS) is 19.1. The van der Waals surface area contributed by atoms with E-state index in [1.165, 1.54) is 5.56 Å². The van der Waals surface area contributed by atoms with Crippen molar-refractivity contribution in [3.05, 3.63) is 90.8 Å². The van der Waals surface area contributed by atoms with Gasteiger partial charge < -0.3 is 15.2 Å². The first kappa shape index (κ1) is 23.4. The molecule has 1 aliphatic rings. The standard InChI is InChI=1S/C28H31N5O2/c1-35-16-15-33-18-23(20-7-3-2-4-8-20)26(19-33)32-28(34)31-25-17-22-9-5-6-10-24(22)30-27(25)21-11-13-29-14-12-21/h2-14,17,23,26,28,31-32,34H,15-16,18-19H2,1H3/t23-,26+,28?/m0/s1. The fourth-order valence-corrected chi connectivity index (χ4v) is 4.84. The quantitative estimate of drug-likeness (QED) is 0.323. The van der Waals surface area contributed by atoms with Crippen LogP contribution in [0.15, 0.2) is 85.2 Å². The number of aliphatic hydroxyl groups is 1. The number of pyridine rings is 2. The van der Waals surface area contributed by atoms with Crippen molar-refractivity contribution in [3.8, 4) is 11.3 Å². The summed E-state index contributed by atoms with van der Waals surface area (Å²) < 4.78 is 5.30. The number of hydrogen-bond donors (Lipinski definition) is 3. The molecule has 3 heterocycles. The minimum Gasteiger partial charge on any atom is -0.383 e. The molecule has 0 spiro atoms. The Balaban J connectivity index is 1.39. The average molecular weight is 470 g/mol. The molecule has 0 saturated carbocycles. The monoisotopic (exact) mass is 469 g/mol. The van der Waals surface area contributed by atoms with Crippen molar-refractivity contribution in [1.29, 1.82) is 0 Å². The van der Waals surface area contributed by atoms with E-state index in [2.05, 4.69) is 44.8 Å². The first-order chi connectivity index (χ1) is 17.2. The molecule has 7 nitrogen and oxygen atoms in total. The molecule has 7 heteroatoms. The number of likely N-dealkylation sites (tertiary alicyclic amines) is 1. The van der Waals surface area contributed by atoms with Crippen molar-refractivity contribution >= 4 is 16.6 Å². The molecule has 2 aromatic carbocycles. The summed E-state index contributed by atoms with van der Waals surface area (Å²) in [6, 6.07) is 24.5. The van der Waals surface area contributed by atoms with Gasteiger partial charge in [0.2, 0.25) is 0 Å².